The van der Waals surface area contributed by atoms with Gasteiger partial charge in [0.05, 0.1) is 46.1 Å². The van der Waals surface area contributed by atoms with E-state index in [0.717, 1.165) is 52.5 Å². The maximum absolute atomic E-state index is 12.0. The summed E-state index contributed by atoms with van der Waals surface area (Å²) in [5.41, 5.74) is -0.958. The van der Waals surface area contributed by atoms with Crippen LogP contribution in [0.2, 0.25) is 0 Å². The zero-order valence-electron chi connectivity index (χ0n) is 33.9. The van der Waals surface area contributed by atoms with E-state index in [4.69, 9.17) is 34.6 Å². The Labute approximate surface area is 326 Å². The smallest absolute Gasteiger partial charge is 0.410 e. The first-order valence-electron chi connectivity index (χ1n) is 19.5. The van der Waals surface area contributed by atoms with Gasteiger partial charge in [0, 0.05) is 103 Å². The van der Waals surface area contributed by atoms with Crippen molar-refractivity contribution in [2.75, 3.05) is 118 Å². The summed E-state index contributed by atoms with van der Waals surface area (Å²) in [4.78, 5) is 64.2. The molecule has 6 fully saturated rings. The number of carboxylic acid groups (broad SMARTS) is 1. The molecule has 18 nitrogen and oxygen atoms in total. The number of carbonyl (C=O) groups excluding carboxylic acids is 4. The first kappa shape index (κ1) is 46.1. The maximum atomic E-state index is 12.0. The second kappa shape index (κ2) is 22.5. The second-order valence-electron chi connectivity index (χ2n) is 16.7. The van der Waals surface area contributed by atoms with E-state index >= 15 is 0 Å². The first-order valence-corrected chi connectivity index (χ1v) is 19.5. The van der Waals surface area contributed by atoms with Gasteiger partial charge in [0.1, 0.15) is 11.2 Å². The molecule has 0 unspecified atom stereocenters. The fourth-order valence-electron chi connectivity index (χ4n) is 6.23. The summed E-state index contributed by atoms with van der Waals surface area (Å²) in [5.74, 6) is 5.93. The first-order chi connectivity index (χ1) is 25.9. The molecule has 0 atom stereocenters. The van der Waals surface area contributed by atoms with Crippen LogP contribution in [0.5, 0.6) is 0 Å². The molecular formula is C37H67N7O11. The number of carbonyl (C=O) groups is 5. The number of hydrogen-bond donors (Lipinski definition) is 3. The number of nitrogens with zero attached hydrogens (tertiary/aromatic N) is 5. The van der Waals surface area contributed by atoms with Crippen LogP contribution >= 0.6 is 0 Å². The van der Waals surface area contributed by atoms with Crippen molar-refractivity contribution in [3.8, 4) is 0 Å². The average Bonchev–Trinajstić information content (AvgIpc) is 3.07. The molecule has 4 amide bonds. The van der Waals surface area contributed by atoms with Gasteiger partial charge < -0.3 is 53.7 Å². The lowest BCUT2D eigenvalue weighted by Crippen LogP contribution is -2.53. The number of rotatable bonds is 6. The molecule has 0 aromatic rings. The highest BCUT2D eigenvalue weighted by atomic mass is 16.6. The van der Waals surface area contributed by atoms with Gasteiger partial charge in [-0.1, -0.05) is 0 Å². The fraction of sp³-hybridized carbons (Fsp3) is 0.865. The van der Waals surface area contributed by atoms with Crippen molar-refractivity contribution in [2.24, 2.45) is 23.6 Å². The van der Waals surface area contributed by atoms with Crippen LogP contribution in [0.1, 0.15) is 60.8 Å². The quantitative estimate of drug-likeness (QED) is 0.323. The number of hydrogen-bond acceptors (Lipinski definition) is 13. The molecule has 0 aromatic heterocycles. The summed E-state index contributed by atoms with van der Waals surface area (Å²) >= 11 is 0. The van der Waals surface area contributed by atoms with Gasteiger partial charge >= 0.3 is 18.2 Å². The lowest BCUT2D eigenvalue weighted by atomic mass is 9.96. The number of hydrazine groups is 1. The molecule has 6 rings (SSSR count). The van der Waals surface area contributed by atoms with Gasteiger partial charge in [-0.05, 0) is 47.5 Å². The Balaban J connectivity index is 0.000000209. The number of amides is 4. The van der Waals surface area contributed by atoms with Crippen molar-refractivity contribution in [3.05, 3.63) is 0 Å². The fourth-order valence-corrected chi connectivity index (χ4v) is 6.23. The number of nitrogens with two attached hydrogens (primary N) is 1. The zero-order chi connectivity index (χ0) is 40.6. The van der Waals surface area contributed by atoms with Gasteiger partial charge in [-0.2, -0.15) is 0 Å². The predicted molar refractivity (Wildman–Crippen MR) is 202 cm³/mol. The van der Waals surface area contributed by atoms with Gasteiger partial charge in [0.15, 0.2) is 0 Å². The van der Waals surface area contributed by atoms with Gasteiger partial charge in [0.25, 0.3) is 0 Å². The van der Waals surface area contributed by atoms with Crippen LogP contribution in [-0.2, 0) is 38.1 Å². The van der Waals surface area contributed by atoms with E-state index in [2.05, 4.69) is 5.32 Å². The summed E-state index contributed by atoms with van der Waals surface area (Å²) in [6.07, 6.45) is 0.642. The van der Waals surface area contributed by atoms with E-state index in [1.54, 1.807) is 30.7 Å². The Morgan fingerprint density at radius 3 is 1.22 bits per heavy atom. The number of nitrogens with one attached hydrogen (secondary N) is 1. The molecular weight excluding hydrogens is 718 g/mol. The van der Waals surface area contributed by atoms with Crippen LogP contribution in [0.4, 0.5) is 9.59 Å². The molecule has 0 radical (unpaired) electrons. The number of likely N-dealkylation sites (tertiary alicyclic amines) is 2. The van der Waals surface area contributed by atoms with Crippen LogP contribution in [-0.4, -0.2) is 189 Å². The molecule has 4 N–H and O–H groups in total. The molecule has 18 heteroatoms. The third-order valence-electron chi connectivity index (χ3n) is 9.17. The van der Waals surface area contributed by atoms with Gasteiger partial charge in [-0.3, -0.25) is 20.2 Å². The lowest BCUT2D eigenvalue weighted by molar-refractivity contribution is -0.140. The van der Waals surface area contributed by atoms with Crippen molar-refractivity contribution in [1.82, 2.24) is 29.9 Å². The summed E-state index contributed by atoms with van der Waals surface area (Å²) in [6, 6.07) is 0. The molecule has 6 aliphatic heterocycles. The number of aliphatic carboxylic acids is 1. The lowest BCUT2D eigenvalue weighted by Gasteiger charge is -2.40. The minimum atomic E-state index is -0.816. The Morgan fingerprint density at radius 1 is 0.582 bits per heavy atom. The Hall–Kier alpha value is -3.29. The molecule has 0 aliphatic carbocycles. The van der Waals surface area contributed by atoms with E-state index in [1.807, 2.05) is 30.6 Å². The molecule has 6 aliphatic rings. The van der Waals surface area contributed by atoms with E-state index in [0.29, 0.717) is 84.5 Å². The van der Waals surface area contributed by atoms with E-state index in [9.17, 15) is 24.0 Å². The van der Waals surface area contributed by atoms with Crippen LogP contribution in [0.15, 0.2) is 0 Å². The average molecular weight is 786 g/mol. The van der Waals surface area contributed by atoms with Crippen LogP contribution in [0, 0.1) is 17.8 Å². The summed E-state index contributed by atoms with van der Waals surface area (Å²) in [7, 11) is 0. The third-order valence-corrected chi connectivity index (χ3v) is 9.17. The zero-order valence-corrected chi connectivity index (χ0v) is 33.9. The largest absolute Gasteiger partial charge is 0.481 e. The Morgan fingerprint density at radius 2 is 0.927 bits per heavy atom. The number of morpholine rings is 3. The number of carboxylic acids is 1. The Kier molecular flexibility index (Phi) is 18.8. The standard InChI is InChI=1S/C14H24N2O4.C10H17NO4.C9H17N3O2.C4H9NO/c1-14(2,3)20-13(18)16-9-11(10-16)8-12(17)15-4-6-19-7-5-15;1-10(2,3)15-9(14)11-5-7(6-11)4-8(12)13;10-12-6-8(7-12)5-9(13)11-1-3-14-4-2-11;1-3-6-4-2-5-1/h11H,4-10H2,1-3H3;7H,4-6H2,1-3H3,(H,12,13);8H,1-7,10H2;5H,1-4H2. The molecule has 0 aromatic carbocycles. The van der Waals surface area contributed by atoms with Crippen molar-refractivity contribution in [1.29, 1.82) is 0 Å². The topological polar surface area (TPSA) is 206 Å². The molecule has 316 valence electrons. The Bertz CT molecular complexity index is 1200. The monoisotopic (exact) mass is 785 g/mol. The van der Waals surface area contributed by atoms with Crippen molar-refractivity contribution >= 4 is 30.0 Å². The highest BCUT2D eigenvalue weighted by molar-refractivity contribution is 5.77. The number of ether oxygens (including phenoxy) is 5. The van der Waals surface area contributed by atoms with Crippen LogP contribution in [0.3, 0.4) is 0 Å². The van der Waals surface area contributed by atoms with Crippen molar-refractivity contribution in [3.63, 3.8) is 0 Å². The second-order valence-corrected chi connectivity index (χ2v) is 16.7. The maximum Gasteiger partial charge on any atom is 0.410 e. The highest BCUT2D eigenvalue weighted by Crippen LogP contribution is 2.24. The summed E-state index contributed by atoms with van der Waals surface area (Å²) in [6.45, 7) is 24.2. The van der Waals surface area contributed by atoms with Crippen LogP contribution in [0.25, 0.3) is 0 Å². The van der Waals surface area contributed by atoms with E-state index in [1.165, 1.54) is 4.90 Å². The van der Waals surface area contributed by atoms with Gasteiger partial charge in [0.2, 0.25) is 11.8 Å². The predicted octanol–water partition coefficient (Wildman–Crippen LogP) is 1.08. The summed E-state index contributed by atoms with van der Waals surface area (Å²) in [5, 5.41) is 13.4. The molecule has 0 spiro atoms. The summed E-state index contributed by atoms with van der Waals surface area (Å²) < 4.78 is 25.8. The molecule has 6 saturated heterocycles. The molecule has 6 heterocycles. The minimum Gasteiger partial charge on any atom is -0.481 e. The van der Waals surface area contributed by atoms with Crippen LogP contribution < -0.4 is 11.2 Å². The van der Waals surface area contributed by atoms with Gasteiger partial charge in [-0.15, -0.1) is 0 Å². The third kappa shape index (κ3) is 18.5. The van der Waals surface area contributed by atoms with Crippen molar-refractivity contribution in [2.45, 2.75) is 72.0 Å². The SMILES string of the molecule is C1COCCN1.CC(C)(C)OC(=O)N1CC(CC(=O)N2CCOCC2)C1.CC(C)(C)OC(=O)N1CC(CC(=O)O)C1.NN1CC(CC(=O)N2CCOCC2)C1. The van der Waals surface area contributed by atoms with E-state index in [-0.39, 0.29) is 42.3 Å². The van der Waals surface area contributed by atoms with E-state index < -0.39 is 17.2 Å². The normalized spacial score (nSPS) is 21.1. The minimum absolute atomic E-state index is 0.0787. The molecule has 55 heavy (non-hydrogen) atoms. The van der Waals surface area contributed by atoms with Crippen molar-refractivity contribution < 1.29 is 52.8 Å². The molecule has 0 saturated carbocycles. The molecule has 0 bridgehead atoms. The highest BCUT2D eigenvalue weighted by Gasteiger charge is 2.36. The van der Waals surface area contributed by atoms with Gasteiger partial charge in [-0.25, -0.2) is 14.6 Å².